The van der Waals surface area contributed by atoms with Crippen LogP contribution < -0.4 is 5.32 Å². The van der Waals surface area contributed by atoms with Crippen LogP contribution in [0.1, 0.15) is 6.92 Å². The van der Waals surface area contributed by atoms with E-state index < -0.39 is 0 Å². The topological polar surface area (TPSA) is 79.7 Å². The molecule has 0 bridgehead atoms. The van der Waals surface area contributed by atoms with E-state index in [4.69, 9.17) is 5.11 Å². The molecule has 0 atom stereocenters. The molecule has 2 N–H and O–H groups in total. The highest BCUT2D eigenvalue weighted by Gasteiger charge is 1.99. The molecule has 0 radical (unpaired) electrons. The number of allylic oxidation sites excluding steroid dienone is 1. The lowest BCUT2D eigenvalue weighted by atomic mass is 10.2. The molecule has 2 aromatic carbocycles. The van der Waals surface area contributed by atoms with E-state index in [1.165, 1.54) is 6.92 Å². The number of anilines is 2. The molecular weight excluding hydrogens is 376 g/mol. The van der Waals surface area contributed by atoms with Crippen molar-refractivity contribution < 1.29 is 5.11 Å². The lowest BCUT2D eigenvalue weighted by molar-refractivity contribution is 0.417. The lowest BCUT2D eigenvalue weighted by Gasteiger charge is -2.08. The average molecular weight is 400 g/mol. The number of aliphatic hydroxyl groups is 1. The highest BCUT2D eigenvalue weighted by Crippen LogP contribution is 2.22. The fraction of sp³-hybridized carbons (Fsp3) is 0.0870. The van der Waals surface area contributed by atoms with E-state index in [0.29, 0.717) is 5.95 Å². The minimum Gasteiger partial charge on any atom is -0.513 e. The Bertz CT molecular complexity index is 1090. The highest BCUT2D eigenvalue weighted by molar-refractivity contribution is 5.62. The standard InChI is InChI=1S/C20H18N6.C3H6O/c1-25-15-12-21-20(25)24-23-18-6-4-16(5-7-18)22-17-8-10-19(11-9-17)26-13-2-3-14-26;1-3(2)4/h2-15,22H,1H3;4H,1H2,2H3. The third-order valence-electron chi connectivity index (χ3n) is 3.98. The summed E-state index contributed by atoms with van der Waals surface area (Å²) in [7, 11) is 1.88. The van der Waals surface area contributed by atoms with Crippen molar-refractivity contribution in [1.82, 2.24) is 14.1 Å². The fourth-order valence-corrected chi connectivity index (χ4v) is 2.56. The van der Waals surface area contributed by atoms with E-state index in [1.54, 1.807) is 6.20 Å². The predicted octanol–water partition coefficient (Wildman–Crippen LogP) is 6.45. The van der Waals surface area contributed by atoms with Crippen LogP contribution in [0.15, 0.2) is 108 Å². The Balaban J connectivity index is 0.000000589. The van der Waals surface area contributed by atoms with Gasteiger partial charge in [0.15, 0.2) is 0 Å². The summed E-state index contributed by atoms with van der Waals surface area (Å²) in [5.74, 6) is 0.745. The van der Waals surface area contributed by atoms with Gasteiger partial charge in [-0.2, -0.15) is 0 Å². The van der Waals surface area contributed by atoms with Crippen LogP contribution in [0.5, 0.6) is 0 Å². The van der Waals surface area contributed by atoms with Crippen molar-refractivity contribution in [1.29, 1.82) is 0 Å². The molecule has 0 aliphatic rings. The maximum absolute atomic E-state index is 7.86. The Kier molecular flexibility index (Phi) is 6.78. The maximum atomic E-state index is 7.86. The first-order chi connectivity index (χ1) is 14.5. The monoisotopic (exact) mass is 400 g/mol. The number of nitrogens with one attached hydrogen (secondary N) is 1. The van der Waals surface area contributed by atoms with Gasteiger partial charge in [-0.1, -0.05) is 6.58 Å². The van der Waals surface area contributed by atoms with Crippen LogP contribution in [-0.2, 0) is 7.05 Å². The van der Waals surface area contributed by atoms with Gasteiger partial charge in [0.2, 0.25) is 5.95 Å². The molecule has 0 unspecified atom stereocenters. The average Bonchev–Trinajstić information content (AvgIpc) is 3.40. The van der Waals surface area contributed by atoms with Crippen molar-refractivity contribution in [3.63, 3.8) is 0 Å². The first-order valence-corrected chi connectivity index (χ1v) is 9.35. The molecule has 152 valence electrons. The number of aromatic nitrogens is 3. The van der Waals surface area contributed by atoms with Gasteiger partial charge in [0, 0.05) is 48.9 Å². The summed E-state index contributed by atoms with van der Waals surface area (Å²) in [6, 6.07) is 20.1. The van der Waals surface area contributed by atoms with Gasteiger partial charge < -0.3 is 19.6 Å². The Hall–Kier alpha value is -4.13. The summed E-state index contributed by atoms with van der Waals surface area (Å²) in [6.45, 7) is 4.64. The van der Waals surface area contributed by atoms with Crippen LogP contribution >= 0.6 is 0 Å². The first-order valence-electron chi connectivity index (χ1n) is 9.35. The van der Waals surface area contributed by atoms with E-state index in [9.17, 15) is 0 Å². The van der Waals surface area contributed by atoms with Gasteiger partial charge in [-0.05, 0) is 67.6 Å². The quantitative estimate of drug-likeness (QED) is 0.298. The third-order valence-corrected chi connectivity index (χ3v) is 3.98. The summed E-state index contributed by atoms with van der Waals surface area (Å²) >= 11 is 0. The van der Waals surface area contributed by atoms with Crippen molar-refractivity contribution in [3.8, 4) is 5.69 Å². The second-order valence-corrected chi connectivity index (χ2v) is 6.58. The zero-order chi connectivity index (χ0) is 21.3. The number of nitrogens with zero attached hydrogens (tertiary/aromatic N) is 5. The molecular formula is C23H24N6O. The molecule has 7 nitrogen and oxygen atoms in total. The minimum absolute atomic E-state index is 0.167. The zero-order valence-electron chi connectivity index (χ0n) is 17.0. The predicted molar refractivity (Wildman–Crippen MR) is 120 cm³/mol. The molecule has 0 aliphatic heterocycles. The summed E-state index contributed by atoms with van der Waals surface area (Å²) in [6.07, 6.45) is 7.59. The van der Waals surface area contributed by atoms with E-state index in [2.05, 4.69) is 55.9 Å². The number of benzene rings is 2. The molecule has 0 aliphatic carbocycles. The van der Waals surface area contributed by atoms with Crippen LogP contribution in [0.4, 0.5) is 23.0 Å². The molecule has 0 fully saturated rings. The van der Waals surface area contributed by atoms with Crippen molar-refractivity contribution in [3.05, 3.63) is 97.8 Å². The highest BCUT2D eigenvalue weighted by atomic mass is 16.3. The molecule has 30 heavy (non-hydrogen) atoms. The van der Waals surface area contributed by atoms with Crippen LogP contribution in [0.3, 0.4) is 0 Å². The summed E-state index contributed by atoms with van der Waals surface area (Å²) in [4.78, 5) is 4.12. The van der Waals surface area contributed by atoms with E-state index in [1.807, 2.05) is 66.6 Å². The Morgan fingerprint density at radius 2 is 1.50 bits per heavy atom. The van der Waals surface area contributed by atoms with Crippen LogP contribution in [0.25, 0.3) is 5.69 Å². The van der Waals surface area contributed by atoms with Gasteiger partial charge in [0.05, 0.1) is 11.4 Å². The maximum Gasteiger partial charge on any atom is 0.249 e. The second kappa shape index (κ2) is 9.88. The van der Waals surface area contributed by atoms with Crippen molar-refractivity contribution in [2.24, 2.45) is 17.3 Å². The normalized spacial score (nSPS) is 10.5. The van der Waals surface area contributed by atoms with Crippen molar-refractivity contribution >= 4 is 23.0 Å². The van der Waals surface area contributed by atoms with Crippen LogP contribution in [0, 0.1) is 0 Å². The van der Waals surface area contributed by atoms with Gasteiger partial charge in [-0.15, -0.1) is 10.2 Å². The number of rotatable bonds is 5. The molecule has 2 aromatic heterocycles. The number of hydrogen-bond donors (Lipinski definition) is 2. The van der Waals surface area contributed by atoms with E-state index >= 15 is 0 Å². The Morgan fingerprint density at radius 3 is 2.03 bits per heavy atom. The minimum atomic E-state index is 0.167. The Labute approximate surface area is 175 Å². The summed E-state index contributed by atoms with van der Waals surface area (Å²) < 4.78 is 3.89. The first kappa shape index (κ1) is 20.6. The summed E-state index contributed by atoms with van der Waals surface area (Å²) in [5, 5.41) is 19.6. The zero-order valence-corrected chi connectivity index (χ0v) is 17.0. The van der Waals surface area contributed by atoms with E-state index in [0.717, 1.165) is 22.7 Å². The number of aliphatic hydroxyl groups excluding tert-OH is 1. The third kappa shape index (κ3) is 5.93. The number of aryl methyl sites for hydroxylation is 1. The van der Waals surface area contributed by atoms with Crippen molar-refractivity contribution in [2.45, 2.75) is 6.92 Å². The molecule has 0 saturated carbocycles. The van der Waals surface area contributed by atoms with Gasteiger partial charge >= 0.3 is 0 Å². The molecule has 0 spiro atoms. The van der Waals surface area contributed by atoms with Crippen molar-refractivity contribution in [2.75, 3.05) is 5.32 Å². The SMILES string of the molecule is C=C(C)O.Cn1ccnc1N=Nc1ccc(Nc2ccc(-n3cccc3)cc2)cc1. The number of imidazole rings is 1. The van der Waals surface area contributed by atoms with Crippen LogP contribution in [0.2, 0.25) is 0 Å². The summed E-state index contributed by atoms with van der Waals surface area (Å²) in [5.41, 5.74) is 3.94. The smallest absolute Gasteiger partial charge is 0.249 e. The molecule has 4 aromatic rings. The number of azo groups is 1. The number of hydrogen-bond acceptors (Lipinski definition) is 5. The van der Waals surface area contributed by atoms with Crippen LogP contribution in [-0.4, -0.2) is 19.2 Å². The fourth-order valence-electron chi connectivity index (χ4n) is 2.56. The van der Waals surface area contributed by atoms with Gasteiger partial charge in [0.1, 0.15) is 0 Å². The Morgan fingerprint density at radius 1 is 0.933 bits per heavy atom. The van der Waals surface area contributed by atoms with Gasteiger partial charge in [0.25, 0.3) is 0 Å². The lowest BCUT2D eigenvalue weighted by Crippen LogP contribution is -1.92. The second-order valence-electron chi connectivity index (χ2n) is 6.58. The molecule has 0 saturated heterocycles. The molecule has 7 heteroatoms. The van der Waals surface area contributed by atoms with Gasteiger partial charge in [-0.3, -0.25) is 0 Å². The molecule has 0 amide bonds. The largest absolute Gasteiger partial charge is 0.513 e. The molecule has 4 rings (SSSR count). The molecule has 2 heterocycles. The van der Waals surface area contributed by atoms with Gasteiger partial charge in [-0.25, -0.2) is 4.98 Å². The van der Waals surface area contributed by atoms with E-state index in [-0.39, 0.29) is 5.76 Å².